The lowest BCUT2D eigenvalue weighted by Crippen LogP contribution is -2.51. The van der Waals surface area contributed by atoms with Crippen LogP contribution >= 0.6 is 0 Å². The molecular formula is C21H28N2O5. The van der Waals surface area contributed by atoms with Gasteiger partial charge in [0.25, 0.3) is 11.8 Å². The highest BCUT2D eigenvalue weighted by Crippen LogP contribution is 2.27. The van der Waals surface area contributed by atoms with Crippen molar-refractivity contribution in [3.8, 4) is 0 Å². The van der Waals surface area contributed by atoms with Gasteiger partial charge in [-0.05, 0) is 37.8 Å². The van der Waals surface area contributed by atoms with Gasteiger partial charge >= 0.3 is 0 Å². The van der Waals surface area contributed by atoms with E-state index < -0.39 is 23.6 Å². The summed E-state index contributed by atoms with van der Waals surface area (Å²) in [6.45, 7) is 7.39. The fourth-order valence-corrected chi connectivity index (χ4v) is 3.62. The molecule has 0 spiro atoms. The molecule has 1 aromatic carbocycles. The molecule has 1 saturated heterocycles. The molecule has 3 rings (SSSR count). The lowest BCUT2D eigenvalue weighted by atomic mass is 10.0. The molecule has 1 fully saturated rings. The molecule has 0 aliphatic carbocycles. The van der Waals surface area contributed by atoms with Gasteiger partial charge in [0.05, 0.1) is 24.3 Å². The average Bonchev–Trinajstić information content (AvgIpc) is 2.91. The molecule has 3 amide bonds. The van der Waals surface area contributed by atoms with Crippen LogP contribution in [0.5, 0.6) is 0 Å². The van der Waals surface area contributed by atoms with Crippen LogP contribution in [0.25, 0.3) is 0 Å². The van der Waals surface area contributed by atoms with Crippen LogP contribution in [0.15, 0.2) is 24.3 Å². The number of carbonyl (C=O) groups is 3. The Hall–Kier alpha value is -2.25. The Morgan fingerprint density at radius 2 is 1.71 bits per heavy atom. The molecule has 1 unspecified atom stereocenters. The van der Waals surface area contributed by atoms with Crippen molar-refractivity contribution in [1.82, 2.24) is 10.2 Å². The van der Waals surface area contributed by atoms with E-state index in [0.29, 0.717) is 43.7 Å². The van der Waals surface area contributed by atoms with Gasteiger partial charge in [-0.3, -0.25) is 19.3 Å². The van der Waals surface area contributed by atoms with Gasteiger partial charge < -0.3 is 14.8 Å². The number of carbonyl (C=O) groups excluding carboxylic acids is 3. The van der Waals surface area contributed by atoms with Crippen LogP contribution in [0.2, 0.25) is 0 Å². The van der Waals surface area contributed by atoms with E-state index >= 15 is 0 Å². The number of amides is 3. The molecule has 0 radical (unpaired) electrons. The van der Waals surface area contributed by atoms with Gasteiger partial charge in [0.1, 0.15) is 6.04 Å². The maximum atomic E-state index is 12.9. The number of nitrogens with one attached hydrogen (secondary N) is 1. The monoisotopic (exact) mass is 388 g/mol. The predicted octanol–water partition coefficient (Wildman–Crippen LogP) is 2.36. The molecule has 1 N–H and O–H groups in total. The molecule has 28 heavy (non-hydrogen) atoms. The van der Waals surface area contributed by atoms with Crippen LogP contribution in [-0.2, 0) is 14.3 Å². The highest BCUT2D eigenvalue weighted by molar-refractivity contribution is 6.22. The Morgan fingerprint density at radius 1 is 1.14 bits per heavy atom. The van der Waals surface area contributed by atoms with Crippen molar-refractivity contribution < 1.29 is 23.9 Å². The standard InChI is InChI=1S/C21H28N2O5/c1-14(2)13-17(18(24)22-10-9-21(3)27-11-6-12-28-21)23-19(25)15-7-4-5-8-16(15)20(23)26/h4-5,7-8,14,17H,6,9-13H2,1-3H3,(H,22,24). The van der Waals surface area contributed by atoms with Crippen molar-refractivity contribution in [2.45, 2.75) is 51.9 Å². The average molecular weight is 388 g/mol. The second-order valence-corrected chi connectivity index (χ2v) is 7.90. The van der Waals surface area contributed by atoms with Gasteiger partial charge in [-0.2, -0.15) is 0 Å². The molecule has 2 heterocycles. The third-order valence-electron chi connectivity index (χ3n) is 5.12. The minimum absolute atomic E-state index is 0.141. The fraction of sp³-hybridized carbons (Fsp3) is 0.571. The molecule has 1 atom stereocenters. The number of hydrogen-bond acceptors (Lipinski definition) is 5. The summed E-state index contributed by atoms with van der Waals surface area (Å²) in [5.74, 6) is -1.72. The van der Waals surface area contributed by atoms with Gasteiger partial charge in [-0.1, -0.05) is 26.0 Å². The maximum Gasteiger partial charge on any atom is 0.262 e. The zero-order valence-electron chi connectivity index (χ0n) is 16.7. The Labute approximate surface area is 165 Å². The third kappa shape index (κ3) is 4.25. The van der Waals surface area contributed by atoms with E-state index in [-0.39, 0.29) is 11.8 Å². The van der Waals surface area contributed by atoms with Crippen molar-refractivity contribution >= 4 is 17.7 Å². The van der Waals surface area contributed by atoms with Gasteiger partial charge in [0.2, 0.25) is 5.91 Å². The van der Waals surface area contributed by atoms with Gasteiger partial charge in [0, 0.05) is 13.0 Å². The number of nitrogens with zero attached hydrogens (tertiary/aromatic N) is 1. The van der Waals surface area contributed by atoms with Crippen LogP contribution in [0.4, 0.5) is 0 Å². The summed E-state index contributed by atoms with van der Waals surface area (Å²) in [6.07, 6.45) is 1.76. The Morgan fingerprint density at radius 3 is 2.25 bits per heavy atom. The third-order valence-corrected chi connectivity index (χ3v) is 5.12. The largest absolute Gasteiger partial charge is 0.354 e. The summed E-state index contributed by atoms with van der Waals surface area (Å²) in [7, 11) is 0. The summed E-state index contributed by atoms with van der Waals surface area (Å²) >= 11 is 0. The van der Waals surface area contributed by atoms with Gasteiger partial charge in [-0.15, -0.1) is 0 Å². The van der Waals surface area contributed by atoms with E-state index in [1.54, 1.807) is 24.3 Å². The minimum atomic E-state index is -0.839. The lowest BCUT2D eigenvalue weighted by Gasteiger charge is -2.34. The first-order valence-corrected chi connectivity index (χ1v) is 9.85. The molecule has 0 bridgehead atoms. The van der Waals surface area contributed by atoms with Crippen LogP contribution < -0.4 is 5.32 Å². The van der Waals surface area contributed by atoms with Crippen molar-refractivity contribution in [2.75, 3.05) is 19.8 Å². The summed E-state index contributed by atoms with van der Waals surface area (Å²) in [5, 5.41) is 2.86. The van der Waals surface area contributed by atoms with E-state index in [1.807, 2.05) is 20.8 Å². The Bertz CT molecular complexity index is 720. The molecule has 152 valence electrons. The maximum absolute atomic E-state index is 12.9. The van der Waals surface area contributed by atoms with Gasteiger partial charge in [0.15, 0.2) is 5.79 Å². The van der Waals surface area contributed by atoms with Crippen molar-refractivity contribution in [2.24, 2.45) is 5.92 Å². The molecule has 7 nitrogen and oxygen atoms in total. The molecule has 0 aromatic heterocycles. The first kappa shape index (κ1) is 20.5. The van der Waals surface area contributed by atoms with Crippen LogP contribution in [0.1, 0.15) is 60.7 Å². The summed E-state index contributed by atoms with van der Waals surface area (Å²) < 4.78 is 11.3. The second-order valence-electron chi connectivity index (χ2n) is 7.90. The zero-order chi connectivity index (χ0) is 20.3. The molecule has 7 heteroatoms. The molecule has 0 saturated carbocycles. The minimum Gasteiger partial charge on any atom is -0.354 e. The lowest BCUT2D eigenvalue weighted by molar-refractivity contribution is -0.258. The smallest absolute Gasteiger partial charge is 0.262 e. The summed E-state index contributed by atoms with van der Waals surface area (Å²) in [6, 6.07) is 5.84. The number of hydrogen-bond donors (Lipinski definition) is 1. The van der Waals surface area contributed by atoms with Crippen LogP contribution in [-0.4, -0.2) is 54.2 Å². The van der Waals surface area contributed by atoms with E-state index in [1.165, 1.54) is 0 Å². The number of rotatable bonds is 7. The SMILES string of the molecule is CC(C)CC(C(=O)NCCC1(C)OCCCO1)N1C(=O)c2ccccc2C1=O. The summed E-state index contributed by atoms with van der Waals surface area (Å²) in [4.78, 5) is 39.6. The van der Waals surface area contributed by atoms with Crippen molar-refractivity contribution in [3.05, 3.63) is 35.4 Å². The predicted molar refractivity (Wildman–Crippen MR) is 103 cm³/mol. The first-order chi connectivity index (χ1) is 13.3. The van der Waals surface area contributed by atoms with Crippen LogP contribution in [0, 0.1) is 5.92 Å². The number of fused-ring (bicyclic) bond motifs is 1. The quantitative estimate of drug-likeness (QED) is 0.725. The molecular weight excluding hydrogens is 360 g/mol. The van der Waals surface area contributed by atoms with E-state index in [0.717, 1.165) is 11.3 Å². The molecule has 2 aliphatic heterocycles. The second kappa shape index (κ2) is 8.41. The van der Waals surface area contributed by atoms with Crippen LogP contribution in [0.3, 0.4) is 0 Å². The van der Waals surface area contributed by atoms with E-state index in [2.05, 4.69) is 5.32 Å². The molecule has 2 aliphatic rings. The van der Waals surface area contributed by atoms with E-state index in [9.17, 15) is 14.4 Å². The first-order valence-electron chi connectivity index (χ1n) is 9.85. The highest BCUT2D eigenvalue weighted by atomic mass is 16.7. The number of imide groups is 1. The van der Waals surface area contributed by atoms with Crippen molar-refractivity contribution in [3.63, 3.8) is 0 Å². The summed E-state index contributed by atoms with van der Waals surface area (Å²) in [5.41, 5.74) is 0.705. The Balaban J connectivity index is 1.69. The topological polar surface area (TPSA) is 84.9 Å². The normalized spacial score (nSPS) is 19.6. The van der Waals surface area contributed by atoms with Gasteiger partial charge in [-0.25, -0.2) is 0 Å². The van der Waals surface area contributed by atoms with E-state index in [4.69, 9.17) is 9.47 Å². The van der Waals surface area contributed by atoms with Crippen molar-refractivity contribution in [1.29, 1.82) is 0 Å². The zero-order valence-corrected chi connectivity index (χ0v) is 16.7. The fourth-order valence-electron chi connectivity index (χ4n) is 3.62. The Kier molecular flexibility index (Phi) is 6.15. The number of benzene rings is 1. The number of ether oxygens (including phenoxy) is 2. The highest BCUT2D eigenvalue weighted by Gasteiger charge is 2.42. The molecule has 1 aromatic rings.